The third kappa shape index (κ3) is 3.03. The van der Waals surface area contributed by atoms with Crippen LogP contribution in [-0.2, 0) is 0 Å². The van der Waals surface area contributed by atoms with E-state index in [0.717, 1.165) is 31.7 Å². The van der Waals surface area contributed by atoms with Crippen LogP contribution in [-0.4, -0.2) is 50.3 Å². The highest BCUT2D eigenvalue weighted by molar-refractivity contribution is 7.80. The predicted octanol–water partition coefficient (Wildman–Crippen LogP) is 0.936. The number of rotatable bonds is 5. The first-order valence-electron chi connectivity index (χ1n) is 6.64. The fourth-order valence-electron chi connectivity index (χ4n) is 2.60. The van der Waals surface area contributed by atoms with E-state index in [-0.39, 0.29) is 6.04 Å². The topological polar surface area (TPSA) is 59.8 Å². The van der Waals surface area contributed by atoms with Crippen molar-refractivity contribution in [1.82, 2.24) is 10.2 Å². The molecule has 20 heavy (non-hydrogen) atoms. The lowest BCUT2D eigenvalue weighted by atomic mass is 10.0. The zero-order chi connectivity index (χ0) is 14.5. The molecule has 3 N–H and O–H groups in total. The molecule has 0 saturated carbocycles. The number of thiocarbonyl (C=S) groups is 1. The summed E-state index contributed by atoms with van der Waals surface area (Å²) in [6.07, 6.45) is 0. The summed E-state index contributed by atoms with van der Waals surface area (Å²) in [5.74, 6) is 1.40. The molecular formula is C14H21N3O2S. The minimum atomic E-state index is -0.128. The summed E-state index contributed by atoms with van der Waals surface area (Å²) in [6.45, 7) is 3.68. The van der Waals surface area contributed by atoms with Gasteiger partial charge in [0.1, 0.15) is 0 Å². The summed E-state index contributed by atoms with van der Waals surface area (Å²) in [7, 11) is 3.26. The Labute approximate surface area is 125 Å². The number of piperazine rings is 1. The summed E-state index contributed by atoms with van der Waals surface area (Å²) < 4.78 is 10.9. The fourth-order valence-corrected chi connectivity index (χ4v) is 2.87. The van der Waals surface area contributed by atoms with Gasteiger partial charge in [0.05, 0.1) is 25.2 Å². The second kappa shape index (κ2) is 6.88. The first-order chi connectivity index (χ1) is 9.69. The van der Waals surface area contributed by atoms with Crippen LogP contribution in [0.5, 0.6) is 11.5 Å². The lowest BCUT2D eigenvalue weighted by Crippen LogP contribution is -2.48. The highest BCUT2D eigenvalue weighted by atomic mass is 32.1. The number of ether oxygens (including phenoxy) is 2. The Morgan fingerprint density at radius 1 is 1.30 bits per heavy atom. The Morgan fingerprint density at radius 3 is 2.55 bits per heavy atom. The maximum atomic E-state index is 5.99. The van der Waals surface area contributed by atoms with Crippen molar-refractivity contribution in [2.45, 2.75) is 6.04 Å². The van der Waals surface area contributed by atoms with Crippen LogP contribution in [0.2, 0.25) is 0 Å². The van der Waals surface area contributed by atoms with Gasteiger partial charge in [-0.2, -0.15) is 0 Å². The third-order valence-electron chi connectivity index (χ3n) is 3.51. The van der Waals surface area contributed by atoms with E-state index in [1.165, 1.54) is 0 Å². The zero-order valence-corrected chi connectivity index (χ0v) is 12.7. The molecule has 0 amide bonds. The maximum absolute atomic E-state index is 5.99. The van der Waals surface area contributed by atoms with Gasteiger partial charge in [0, 0.05) is 31.7 Å². The number of hydrogen-bond donors (Lipinski definition) is 2. The number of nitrogens with one attached hydrogen (secondary N) is 1. The summed E-state index contributed by atoms with van der Waals surface area (Å²) in [4.78, 5) is 2.73. The van der Waals surface area contributed by atoms with E-state index in [0.29, 0.717) is 16.5 Å². The standard InChI is InChI=1S/C14H21N3O2S/c1-18-11-5-3-4-10(13(11)19-2)12(14(15)20)17-8-6-16-7-9-17/h3-5,12,16H,6-9H2,1-2H3,(H2,15,20). The summed E-state index contributed by atoms with van der Waals surface area (Å²) in [6, 6.07) is 5.67. The number of hydrogen-bond acceptors (Lipinski definition) is 5. The van der Waals surface area contributed by atoms with Crippen molar-refractivity contribution in [3.8, 4) is 11.5 Å². The molecule has 1 aliphatic rings. The molecule has 1 heterocycles. The molecule has 0 aliphatic carbocycles. The van der Waals surface area contributed by atoms with Crippen LogP contribution in [0, 0.1) is 0 Å². The van der Waals surface area contributed by atoms with E-state index in [2.05, 4.69) is 10.2 Å². The average Bonchev–Trinajstić information content (AvgIpc) is 2.48. The van der Waals surface area contributed by atoms with E-state index in [9.17, 15) is 0 Å². The quantitative estimate of drug-likeness (QED) is 0.788. The van der Waals surface area contributed by atoms with E-state index >= 15 is 0 Å². The van der Waals surface area contributed by atoms with Crippen LogP contribution in [0.15, 0.2) is 18.2 Å². The van der Waals surface area contributed by atoms with E-state index < -0.39 is 0 Å². The molecule has 6 heteroatoms. The van der Waals surface area contributed by atoms with Crippen LogP contribution in [0.4, 0.5) is 0 Å². The second-order valence-corrected chi connectivity index (χ2v) is 5.15. The largest absolute Gasteiger partial charge is 0.493 e. The molecule has 0 radical (unpaired) electrons. The monoisotopic (exact) mass is 295 g/mol. The third-order valence-corrected chi connectivity index (χ3v) is 3.74. The smallest absolute Gasteiger partial charge is 0.165 e. The Balaban J connectivity index is 2.40. The highest BCUT2D eigenvalue weighted by Crippen LogP contribution is 2.37. The number of methoxy groups -OCH3 is 2. The number of nitrogens with zero attached hydrogens (tertiary/aromatic N) is 1. The molecule has 2 rings (SSSR count). The van der Waals surface area contributed by atoms with E-state index in [4.69, 9.17) is 27.4 Å². The highest BCUT2D eigenvalue weighted by Gasteiger charge is 2.28. The van der Waals surface area contributed by atoms with Crippen molar-refractivity contribution in [2.24, 2.45) is 5.73 Å². The van der Waals surface area contributed by atoms with Gasteiger partial charge >= 0.3 is 0 Å². The van der Waals surface area contributed by atoms with Gasteiger partial charge in [-0.3, -0.25) is 4.90 Å². The van der Waals surface area contributed by atoms with Gasteiger partial charge in [-0.25, -0.2) is 0 Å². The van der Waals surface area contributed by atoms with Gasteiger partial charge in [0.15, 0.2) is 11.5 Å². The molecule has 0 bridgehead atoms. The first-order valence-corrected chi connectivity index (χ1v) is 7.04. The van der Waals surface area contributed by atoms with Crippen LogP contribution in [0.1, 0.15) is 11.6 Å². The number of para-hydroxylation sites is 1. The number of nitrogens with two attached hydrogens (primary N) is 1. The Kier molecular flexibility index (Phi) is 5.17. The van der Waals surface area contributed by atoms with Crippen molar-refractivity contribution >= 4 is 17.2 Å². The van der Waals surface area contributed by atoms with Crippen molar-refractivity contribution in [3.05, 3.63) is 23.8 Å². The molecule has 1 aromatic rings. The molecule has 1 fully saturated rings. The predicted molar refractivity (Wildman–Crippen MR) is 83.5 cm³/mol. The normalized spacial score (nSPS) is 17.5. The van der Waals surface area contributed by atoms with Crippen LogP contribution < -0.4 is 20.5 Å². The van der Waals surface area contributed by atoms with Crippen LogP contribution >= 0.6 is 12.2 Å². The molecule has 5 nitrogen and oxygen atoms in total. The molecule has 0 spiro atoms. The van der Waals surface area contributed by atoms with Crippen molar-refractivity contribution < 1.29 is 9.47 Å². The van der Waals surface area contributed by atoms with Gasteiger partial charge in [0.25, 0.3) is 0 Å². The van der Waals surface area contributed by atoms with E-state index in [1.807, 2.05) is 18.2 Å². The molecule has 110 valence electrons. The van der Waals surface area contributed by atoms with Gasteiger partial charge in [-0.15, -0.1) is 0 Å². The minimum Gasteiger partial charge on any atom is -0.493 e. The summed E-state index contributed by atoms with van der Waals surface area (Å²) in [5, 5.41) is 3.33. The molecule has 1 atom stereocenters. The van der Waals surface area contributed by atoms with Crippen LogP contribution in [0.25, 0.3) is 0 Å². The Morgan fingerprint density at radius 2 is 2.00 bits per heavy atom. The van der Waals surface area contributed by atoms with Crippen molar-refractivity contribution in [3.63, 3.8) is 0 Å². The lowest BCUT2D eigenvalue weighted by Gasteiger charge is -2.35. The van der Waals surface area contributed by atoms with Crippen molar-refractivity contribution in [2.75, 3.05) is 40.4 Å². The van der Waals surface area contributed by atoms with Gasteiger partial charge < -0.3 is 20.5 Å². The number of benzene rings is 1. The molecule has 0 aromatic heterocycles. The fraction of sp³-hybridized carbons (Fsp3) is 0.500. The van der Waals surface area contributed by atoms with Gasteiger partial charge in [0.2, 0.25) is 0 Å². The summed E-state index contributed by atoms with van der Waals surface area (Å²) >= 11 is 5.29. The molecule has 1 unspecified atom stereocenters. The molecule has 1 saturated heterocycles. The Bertz CT molecular complexity index is 475. The van der Waals surface area contributed by atoms with Gasteiger partial charge in [-0.05, 0) is 6.07 Å². The maximum Gasteiger partial charge on any atom is 0.165 e. The SMILES string of the molecule is COc1cccc(C(C(N)=S)N2CCNCC2)c1OC. The zero-order valence-electron chi connectivity index (χ0n) is 11.9. The Hall–Kier alpha value is -1.37. The van der Waals surface area contributed by atoms with Crippen molar-refractivity contribution in [1.29, 1.82) is 0 Å². The van der Waals surface area contributed by atoms with Crippen LogP contribution in [0.3, 0.4) is 0 Å². The van der Waals surface area contributed by atoms with E-state index in [1.54, 1.807) is 14.2 Å². The molecule has 1 aromatic carbocycles. The first kappa shape index (κ1) is 15.0. The average molecular weight is 295 g/mol. The molecular weight excluding hydrogens is 274 g/mol. The van der Waals surface area contributed by atoms with Gasteiger partial charge in [-0.1, -0.05) is 24.4 Å². The lowest BCUT2D eigenvalue weighted by molar-refractivity contribution is 0.211. The molecule has 1 aliphatic heterocycles. The minimum absolute atomic E-state index is 0.128. The second-order valence-electron chi connectivity index (χ2n) is 4.67. The summed E-state index contributed by atoms with van der Waals surface area (Å²) in [5.41, 5.74) is 6.95.